The van der Waals surface area contributed by atoms with Crippen molar-refractivity contribution in [1.82, 2.24) is 15.5 Å². The van der Waals surface area contributed by atoms with E-state index in [4.69, 9.17) is 0 Å². The van der Waals surface area contributed by atoms with Crippen LogP contribution in [0.4, 0.5) is 0 Å². The van der Waals surface area contributed by atoms with Crippen LogP contribution in [0, 0.1) is 5.92 Å². The summed E-state index contributed by atoms with van der Waals surface area (Å²) in [5.41, 5.74) is 2.27. The maximum absolute atomic E-state index is 12.7. The molecule has 0 bridgehead atoms. The van der Waals surface area contributed by atoms with Crippen LogP contribution >= 0.6 is 11.3 Å². The van der Waals surface area contributed by atoms with E-state index in [1.54, 1.807) is 6.07 Å². The third-order valence-corrected chi connectivity index (χ3v) is 4.91. The van der Waals surface area contributed by atoms with Gasteiger partial charge in [-0.1, -0.05) is 44.2 Å². The zero-order chi connectivity index (χ0) is 19.1. The van der Waals surface area contributed by atoms with E-state index in [-0.39, 0.29) is 17.7 Å². The molecule has 0 aliphatic heterocycles. The van der Waals surface area contributed by atoms with Gasteiger partial charge in [-0.2, -0.15) is 0 Å². The third-order valence-electron chi connectivity index (χ3n) is 4.04. The van der Waals surface area contributed by atoms with Crippen molar-refractivity contribution < 1.29 is 9.59 Å². The largest absolute Gasteiger partial charge is 0.350 e. The fraction of sp³-hybridized carbons (Fsp3) is 0.400. The van der Waals surface area contributed by atoms with Gasteiger partial charge in [0, 0.05) is 13.1 Å². The smallest absolute Gasteiger partial charge is 0.262 e. The number of hydrogen-bond acceptors (Lipinski definition) is 4. The van der Waals surface area contributed by atoms with Crippen LogP contribution in [0.25, 0.3) is 0 Å². The molecule has 0 saturated carbocycles. The lowest BCUT2D eigenvalue weighted by Crippen LogP contribution is -2.49. The van der Waals surface area contributed by atoms with E-state index in [1.165, 1.54) is 16.9 Å². The number of nitrogens with zero attached hydrogens (tertiary/aromatic N) is 1. The average Bonchev–Trinajstić information content (AvgIpc) is 3.12. The van der Waals surface area contributed by atoms with Crippen LogP contribution in [0.5, 0.6) is 0 Å². The van der Waals surface area contributed by atoms with E-state index >= 15 is 0 Å². The van der Waals surface area contributed by atoms with E-state index in [0.717, 1.165) is 12.1 Å². The molecule has 2 rings (SSSR count). The maximum Gasteiger partial charge on any atom is 0.262 e. The van der Waals surface area contributed by atoms with Crippen molar-refractivity contribution >= 4 is 23.2 Å². The molecular weight excluding hydrogens is 346 g/mol. The Kier molecular flexibility index (Phi) is 7.36. The van der Waals surface area contributed by atoms with Crippen LogP contribution < -0.4 is 10.6 Å². The second kappa shape index (κ2) is 9.50. The molecule has 1 heterocycles. The Morgan fingerprint density at radius 3 is 2.35 bits per heavy atom. The highest BCUT2D eigenvalue weighted by Crippen LogP contribution is 2.12. The van der Waals surface area contributed by atoms with Gasteiger partial charge in [0.05, 0.1) is 4.88 Å². The van der Waals surface area contributed by atoms with Gasteiger partial charge in [-0.25, -0.2) is 0 Å². The molecule has 140 valence electrons. The number of benzene rings is 1. The molecular formula is C20H27N3O2S. The lowest BCUT2D eigenvalue weighted by Gasteiger charge is -2.22. The first-order chi connectivity index (χ1) is 12.4. The van der Waals surface area contributed by atoms with E-state index < -0.39 is 6.04 Å². The van der Waals surface area contributed by atoms with Gasteiger partial charge in [0.2, 0.25) is 5.91 Å². The van der Waals surface area contributed by atoms with Gasteiger partial charge in [-0.3, -0.25) is 9.59 Å². The summed E-state index contributed by atoms with van der Waals surface area (Å²) in [6, 6.07) is 11.1. The van der Waals surface area contributed by atoms with Crippen molar-refractivity contribution in [3.63, 3.8) is 0 Å². The highest BCUT2D eigenvalue weighted by Gasteiger charge is 2.24. The zero-order valence-corrected chi connectivity index (χ0v) is 16.6. The fourth-order valence-electron chi connectivity index (χ4n) is 2.67. The van der Waals surface area contributed by atoms with Crippen LogP contribution in [0.1, 0.15) is 34.6 Å². The van der Waals surface area contributed by atoms with Gasteiger partial charge >= 0.3 is 0 Å². The Labute approximate surface area is 159 Å². The lowest BCUT2D eigenvalue weighted by molar-refractivity contribution is -0.124. The van der Waals surface area contributed by atoms with Gasteiger partial charge in [0.1, 0.15) is 6.04 Å². The molecule has 1 atom stereocenters. The Bertz CT molecular complexity index is 726. The van der Waals surface area contributed by atoms with Gasteiger partial charge in [0.15, 0.2) is 0 Å². The van der Waals surface area contributed by atoms with Crippen molar-refractivity contribution in [2.24, 2.45) is 5.92 Å². The summed E-state index contributed by atoms with van der Waals surface area (Å²) in [5, 5.41) is 7.68. The molecule has 0 saturated heterocycles. The van der Waals surface area contributed by atoms with Crippen LogP contribution in [-0.4, -0.2) is 36.9 Å². The Balaban J connectivity index is 2.01. The molecule has 0 radical (unpaired) electrons. The Morgan fingerprint density at radius 1 is 1.08 bits per heavy atom. The van der Waals surface area contributed by atoms with Gasteiger partial charge in [-0.05, 0) is 42.6 Å². The summed E-state index contributed by atoms with van der Waals surface area (Å²) in [7, 11) is 4.04. The summed E-state index contributed by atoms with van der Waals surface area (Å²) in [6.45, 7) is 5.12. The molecule has 2 aromatic rings. The zero-order valence-electron chi connectivity index (χ0n) is 15.8. The molecule has 0 unspecified atom stereocenters. The molecule has 5 nitrogen and oxygen atoms in total. The predicted octanol–water partition coefficient (Wildman–Crippen LogP) is 2.88. The number of thiophene rings is 1. The number of nitrogens with one attached hydrogen (secondary N) is 2. The van der Waals surface area contributed by atoms with Gasteiger partial charge < -0.3 is 15.5 Å². The van der Waals surface area contributed by atoms with Gasteiger partial charge in [-0.15, -0.1) is 11.3 Å². The van der Waals surface area contributed by atoms with Crippen molar-refractivity contribution in [2.75, 3.05) is 14.1 Å². The van der Waals surface area contributed by atoms with E-state index in [0.29, 0.717) is 11.4 Å². The molecule has 0 fully saturated rings. The minimum atomic E-state index is -0.564. The summed E-state index contributed by atoms with van der Waals surface area (Å²) in [6.07, 6.45) is 0. The second-order valence-corrected chi connectivity index (χ2v) is 7.84. The summed E-state index contributed by atoms with van der Waals surface area (Å²) < 4.78 is 0. The summed E-state index contributed by atoms with van der Waals surface area (Å²) in [5.74, 6) is -0.373. The second-order valence-electron chi connectivity index (χ2n) is 6.90. The Hall–Kier alpha value is -2.18. The lowest BCUT2D eigenvalue weighted by atomic mass is 10.0. The Morgan fingerprint density at radius 2 is 1.77 bits per heavy atom. The minimum absolute atomic E-state index is 0.00377. The molecule has 0 spiro atoms. The van der Waals surface area contributed by atoms with E-state index in [1.807, 2.05) is 57.6 Å². The van der Waals surface area contributed by atoms with Crippen molar-refractivity contribution in [3.8, 4) is 0 Å². The van der Waals surface area contributed by atoms with Crippen molar-refractivity contribution in [1.29, 1.82) is 0 Å². The highest BCUT2D eigenvalue weighted by atomic mass is 32.1. The number of carbonyl (C=O) groups excluding carboxylic acids is 2. The average molecular weight is 374 g/mol. The third kappa shape index (κ3) is 5.68. The highest BCUT2D eigenvalue weighted by molar-refractivity contribution is 7.12. The quantitative estimate of drug-likeness (QED) is 0.748. The van der Waals surface area contributed by atoms with E-state index in [2.05, 4.69) is 21.6 Å². The first-order valence-corrected chi connectivity index (χ1v) is 9.60. The molecule has 1 aromatic carbocycles. The molecule has 1 aromatic heterocycles. The molecule has 26 heavy (non-hydrogen) atoms. The molecule has 0 aliphatic carbocycles. The SMILES string of the molecule is CC(C)[C@@H](NC(=O)c1cccs1)C(=O)NCc1ccccc1CN(C)C. The number of rotatable bonds is 8. The minimum Gasteiger partial charge on any atom is -0.350 e. The number of amides is 2. The predicted molar refractivity (Wildman–Crippen MR) is 106 cm³/mol. The summed E-state index contributed by atoms with van der Waals surface area (Å²) in [4.78, 5) is 27.7. The first kappa shape index (κ1) is 20.1. The fourth-order valence-corrected chi connectivity index (χ4v) is 3.30. The van der Waals surface area contributed by atoms with Crippen LogP contribution in [0.15, 0.2) is 41.8 Å². The van der Waals surface area contributed by atoms with Crippen molar-refractivity contribution in [2.45, 2.75) is 33.0 Å². The molecule has 6 heteroatoms. The van der Waals surface area contributed by atoms with Crippen molar-refractivity contribution in [3.05, 3.63) is 57.8 Å². The van der Waals surface area contributed by atoms with E-state index in [9.17, 15) is 9.59 Å². The number of carbonyl (C=O) groups is 2. The standard InChI is InChI=1S/C20H27N3O2S/c1-14(2)18(22-19(24)17-10-7-11-26-17)20(25)21-12-15-8-5-6-9-16(15)13-23(3)4/h5-11,14,18H,12-13H2,1-4H3,(H,21,25)(H,22,24)/t18-/m1/s1. The van der Waals surface area contributed by atoms with Crippen LogP contribution in [-0.2, 0) is 17.9 Å². The molecule has 2 amide bonds. The van der Waals surface area contributed by atoms with Gasteiger partial charge in [0.25, 0.3) is 5.91 Å². The monoisotopic (exact) mass is 373 g/mol. The first-order valence-electron chi connectivity index (χ1n) is 8.72. The maximum atomic E-state index is 12.7. The molecule has 0 aliphatic rings. The molecule has 2 N–H and O–H groups in total. The van der Waals surface area contributed by atoms with Crippen LogP contribution in [0.2, 0.25) is 0 Å². The summed E-state index contributed by atoms with van der Waals surface area (Å²) >= 11 is 1.37. The topological polar surface area (TPSA) is 61.4 Å². The normalized spacial score (nSPS) is 12.2. The van der Waals surface area contributed by atoms with Crippen LogP contribution in [0.3, 0.4) is 0 Å². The number of hydrogen-bond donors (Lipinski definition) is 2.